The molecule has 8 nitrogen and oxygen atoms in total. The van der Waals surface area contributed by atoms with Crippen molar-refractivity contribution < 1.29 is 36.2 Å². The van der Waals surface area contributed by atoms with Gasteiger partial charge in [-0.3, -0.25) is 17.3 Å². The van der Waals surface area contributed by atoms with Gasteiger partial charge in [0.2, 0.25) is 0 Å². The Hall–Kier alpha value is -13.2. The van der Waals surface area contributed by atoms with Crippen LogP contribution in [0.2, 0.25) is 0 Å². The van der Waals surface area contributed by atoms with E-state index in [1.54, 1.807) is 28.4 Å². The van der Waals surface area contributed by atoms with Gasteiger partial charge < -0.3 is 27.9 Å². The first-order valence-electron chi connectivity index (χ1n) is 41.3. The quantitative estimate of drug-likeness (QED) is 0.0597. The molecule has 12 aromatic carbocycles. The molecule has 2 aliphatic heterocycles. The minimum atomic E-state index is -2.90. The summed E-state index contributed by atoms with van der Waals surface area (Å²) < 4.78 is 90.1. The van der Waals surface area contributed by atoms with E-state index in [0.717, 1.165) is 111 Å². The third kappa shape index (κ3) is 17.6. The van der Waals surface area contributed by atoms with Gasteiger partial charge in [-0.05, 0) is 213 Å². The Balaban J connectivity index is 0.000000190. The Kier molecular flexibility index (Phi) is 23.7. The molecule has 610 valence electrons. The molecule has 2 aliphatic rings. The number of halogens is 4. The normalized spacial score (nSPS) is 13.8. The fourth-order valence-corrected chi connectivity index (χ4v) is 16.0. The van der Waals surface area contributed by atoms with Gasteiger partial charge in [-0.1, -0.05) is 295 Å². The van der Waals surface area contributed by atoms with E-state index in [0.29, 0.717) is 90.5 Å². The summed E-state index contributed by atoms with van der Waals surface area (Å²) in [7, 11) is 0.763. The molecule has 14 heteroatoms. The van der Waals surface area contributed by atoms with Crippen LogP contribution in [0.5, 0.6) is 23.0 Å². The summed E-state index contributed by atoms with van der Waals surface area (Å²) in [6.45, 7) is 26.0. The highest BCUT2D eigenvalue weighted by Crippen LogP contribution is 2.50. The van der Waals surface area contributed by atoms with Crippen LogP contribution in [0.25, 0.3) is 89.0 Å². The van der Waals surface area contributed by atoms with Crippen LogP contribution in [0.15, 0.2) is 337 Å². The lowest BCUT2D eigenvalue weighted by Crippen LogP contribution is -2.18. The smallest absolute Gasteiger partial charge is 0.497 e. The second-order valence-electron chi connectivity index (χ2n) is 35.2. The highest BCUT2D eigenvalue weighted by Gasteiger charge is 2.37. The predicted octanol–water partition coefficient (Wildman–Crippen LogP) is 27.9. The molecule has 0 spiro atoms. The van der Waals surface area contributed by atoms with E-state index in [2.05, 4.69) is 192 Å². The Morgan fingerprint density at radius 2 is 0.566 bits per heavy atom. The first-order valence-corrected chi connectivity index (χ1v) is 41.3. The number of aromatic nitrogens is 2. The number of fused-ring (bicyclic) bond motifs is 1. The molecular formula is C108H100B2F4N4O4. The molecule has 0 saturated heterocycles. The highest BCUT2D eigenvalue weighted by molar-refractivity contribution is 6.43. The summed E-state index contributed by atoms with van der Waals surface area (Å²) in [6, 6.07) is 100. The van der Waals surface area contributed by atoms with Gasteiger partial charge >= 0.3 is 14.8 Å². The Morgan fingerprint density at radius 3 is 0.902 bits per heavy atom. The van der Waals surface area contributed by atoms with Gasteiger partial charge in [-0.2, -0.15) is 0 Å². The fourth-order valence-electron chi connectivity index (χ4n) is 16.0. The molecule has 0 N–H and O–H groups in total. The second-order valence-corrected chi connectivity index (χ2v) is 35.2. The molecule has 16 rings (SSSR count). The summed E-state index contributed by atoms with van der Waals surface area (Å²) in [5, 5.41) is 2.04. The maximum atomic E-state index is 16.4. The minimum Gasteiger partial charge on any atom is -0.497 e. The molecular weight excluding hydrogens is 1510 g/mol. The molecule has 0 bridgehead atoms. The molecule has 0 unspecified atom stereocenters. The molecule has 4 heterocycles. The number of rotatable bonds is 19. The third-order valence-corrected chi connectivity index (χ3v) is 23.1. The standard InChI is InChI=1S/C55H51BF2N2O2.C53H49BF2N2O2/c1-54(2,3)43-26-18-39(19-27-43)48-35-50(41-20-28-44(29-21-41)55(4,5)6)60(56(57)58)53(48)51(42-16-14-37(15-17-42)36-12-10-9-11-13-36)52-47(38-22-30-45(61-7)31-23-38)34-49(59-52)40-24-32-46(62-8)33-25-40;1-52(2,3)41-23-15-36(16-24-41)46-33-48(38-17-25-42(26-18-38)53(4,5)6)58(54(55)56)51(46)49(40-14-13-34-11-9-10-12-39(34)31-40)50-45(35-19-27-43(59-7)28-20-35)32-47(57-50)37-21-29-44(60-8)30-22-37/h9-35H,1-8H3;9-33H,1-8H3/b52-51-;50-49-. The number of benzene rings is 12. The lowest BCUT2D eigenvalue weighted by atomic mass is 9.85. The summed E-state index contributed by atoms with van der Waals surface area (Å²) in [5.74, 6) is 2.87. The maximum absolute atomic E-state index is 16.4. The lowest BCUT2D eigenvalue weighted by Gasteiger charge is -2.21. The van der Waals surface area contributed by atoms with Gasteiger partial charge in [0.05, 0.1) is 62.6 Å². The molecule has 0 fully saturated rings. The number of allylic oxidation sites excluding steroid dienone is 4. The van der Waals surface area contributed by atoms with Crippen molar-refractivity contribution in [3.8, 4) is 78.9 Å². The van der Waals surface area contributed by atoms with Crippen molar-refractivity contribution in [1.82, 2.24) is 8.96 Å². The van der Waals surface area contributed by atoms with Crippen LogP contribution in [-0.4, -0.2) is 63.6 Å². The molecule has 2 aromatic heterocycles. The summed E-state index contributed by atoms with van der Waals surface area (Å²) in [6.07, 6.45) is 4.11. The molecule has 0 amide bonds. The van der Waals surface area contributed by atoms with Crippen LogP contribution in [0, 0.1) is 0 Å². The first-order chi connectivity index (χ1) is 58.5. The predicted molar refractivity (Wildman–Crippen MR) is 501 cm³/mol. The van der Waals surface area contributed by atoms with Crippen molar-refractivity contribution in [3.05, 3.63) is 394 Å². The van der Waals surface area contributed by atoms with Gasteiger partial charge in [0.1, 0.15) is 23.0 Å². The van der Waals surface area contributed by atoms with Crippen LogP contribution in [0.3, 0.4) is 0 Å². The topological polar surface area (TPSA) is 71.5 Å². The Labute approximate surface area is 716 Å². The zero-order valence-electron chi connectivity index (χ0n) is 72.1. The molecule has 0 saturated carbocycles. The molecule has 122 heavy (non-hydrogen) atoms. The summed E-state index contributed by atoms with van der Waals surface area (Å²) in [5.41, 5.74) is 22.6. The zero-order valence-corrected chi connectivity index (χ0v) is 72.1. The van der Waals surface area contributed by atoms with E-state index >= 15 is 17.3 Å². The first kappa shape index (κ1) is 83.9. The Morgan fingerprint density at radius 1 is 0.279 bits per heavy atom. The summed E-state index contributed by atoms with van der Waals surface area (Å²) in [4.78, 5) is 10.8. The number of aliphatic imine (C=N–C) groups is 2. The minimum absolute atomic E-state index is 0.0943. The number of hydrogen-bond donors (Lipinski definition) is 0. The van der Waals surface area contributed by atoms with E-state index in [-0.39, 0.29) is 21.7 Å². The monoisotopic (exact) mass is 1610 g/mol. The largest absolute Gasteiger partial charge is 0.678 e. The number of nitrogens with zero attached hydrogens (tertiary/aromatic N) is 4. The van der Waals surface area contributed by atoms with E-state index in [9.17, 15) is 0 Å². The molecule has 14 aromatic rings. The maximum Gasteiger partial charge on any atom is 0.678 e. The van der Waals surface area contributed by atoms with Crippen LogP contribution >= 0.6 is 0 Å². The van der Waals surface area contributed by atoms with Crippen molar-refractivity contribution in [2.45, 2.75) is 105 Å². The number of methoxy groups -OCH3 is 4. The Bertz CT molecular complexity index is 6350. The van der Waals surface area contributed by atoms with E-state index in [1.807, 2.05) is 206 Å². The average molecular weight is 1620 g/mol. The zero-order chi connectivity index (χ0) is 86.1. The van der Waals surface area contributed by atoms with E-state index in [4.69, 9.17) is 28.9 Å². The van der Waals surface area contributed by atoms with Gasteiger partial charge in [-0.15, -0.1) is 0 Å². The highest BCUT2D eigenvalue weighted by atomic mass is 19.2. The SMILES string of the molecule is COc1ccc(C2=CC(c3ccc(OC)cc3)=N/C2=C(/c2ccc(-c3ccccc3)cc2)c2c(-c3ccc(C(C)(C)C)cc3)cc(-c3ccc(C(C)(C)C)cc3)n2B(F)F)cc1.COc1ccc(C2=CC(c3ccc(OC)cc3)=N/C2=C(/c2ccc3ccccc3c2)c2c(-c3ccc(C(C)(C)C)cc3)cc(-c3ccc(C(C)(C)C)cc3)n2B(F)F)cc1. The van der Waals surface area contributed by atoms with Crippen molar-refractivity contribution in [2.24, 2.45) is 9.98 Å². The molecule has 0 atom stereocenters. The van der Waals surface area contributed by atoms with Crippen LogP contribution in [0.4, 0.5) is 17.3 Å². The van der Waals surface area contributed by atoms with Crippen molar-refractivity contribution >= 4 is 59.3 Å². The van der Waals surface area contributed by atoms with Gasteiger partial charge in [0, 0.05) is 55.9 Å². The summed E-state index contributed by atoms with van der Waals surface area (Å²) >= 11 is 0. The van der Waals surface area contributed by atoms with Gasteiger partial charge in [-0.25, -0.2) is 9.98 Å². The second kappa shape index (κ2) is 34.5. The average Bonchev–Trinajstić information content (AvgIpc) is 1.58. The molecule has 0 aliphatic carbocycles. The van der Waals surface area contributed by atoms with Crippen molar-refractivity contribution in [1.29, 1.82) is 0 Å². The van der Waals surface area contributed by atoms with E-state index in [1.165, 1.54) is 8.96 Å². The number of hydrogen-bond acceptors (Lipinski definition) is 6. The van der Waals surface area contributed by atoms with Gasteiger partial charge in [0.15, 0.2) is 0 Å². The van der Waals surface area contributed by atoms with Crippen molar-refractivity contribution in [3.63, 3.8) is 0 Å². The van der Waals surface area contributed by atoms with E-state index < -0.39 is 14.8 Å². The van der Waals surface area contributed by atoms with Crippen molar-refractivity contribution in [2.75, 3.05) is 28.4 Å². The van der Waals surface area contributed by atoms with Crippen LogP contribution in [-0.2, 0) is 21.7 Å². The third-order valence-electron chi connectivity index (χ3n) is 23.1. The van der Waals surface area contributed by atoms with Crippen LogP contribution < -0.4 is 18.9 Å². The van der Waals surface area contributed by atoms with Crippen LogP contribution in [0.1, 0.15) is 150 Å². The lowest BCUT2D eigenvalue weighted by molar-refractivity contribution is 0.414. The molecule has 0 radical (unpaired) electrons. The van der Waals surface area contributed by atoms with Gasteiger partial charge in [0.25, 0.3) is 0 Å². The fraction of sp³-hybridized carbons (Fsp3) is 0.185. The number of ether oxygens (including phenoxy) is 4.